The Morgan fingerprint density at radius 3 is 1.81 bits per heavy atom. The molecule has 0 unspecified atom stereocenters. The molecule has 6 heteroatoms. The van der Waals surface area contributed by atoms with E-state index in [2.05, 4.69) is 131 Å². The monoisotopic (exact) mass is 616 g/mol. The van der Waals surface area contributed by atoms with Crippen molar-refractivity contribution in [2.24, 2.45) is 0 Å². The standard InChI is InChI=1S/C42H25BN2O3/c1-2-12-26(13-3-1)44-33-18-8-11-21-37(33)48-42-34(44)23-22-29-28-14-4-7-17-32(28)45(41(29)42)27-24-38-40-39(25-27)47-36-20-10-6-16-31(36)43(40)30-15-5-9-19-35(30)46-38/h1-25H. The summed E-state index contributed by atoms with van der Waals surface area (Å²) in [6.07, 6.45) is 0. The van der Waals surface area contributed by atoms with Gasteiger partial charge in [0.1, 0.15) is 23.0 Å². The predicted octanol–water partition coefficient (Wildman–Crippen LogP) is 9.09. The molecule has 3 aliphatic rings. The summed E-state index contributed by atoms with van der Waals surface area (Å²) in [7, 11) is 0. The molecule has 8 aromatic rings. The molecule has 4 heterocycles. The molecule has 0 N–H and O–H groups in total. The molecule has 48 heavy (non-hydrogen) atoms. The third kappa shape index (κ3) is 3.46. The van der Waals surface area contributed by atoms with Crippen LogP contribution in [-0.2, 0) is 0 Å². The average molecular weight is 616 g/mol. The van der Waals surface area contributed by atoms with Crippen LogP contribution in [0.25, 0.3) is 27.5 Å². The van der Waals surface area contributed by atoms with E-state index in [0.717, 1.165) is 95.4 Å². The second-order valence-corrected chi connectivity index (χ2v) is 12.5. The van der Waals surface area contributed by atoms with Crippen LogP contribution in [0, 0.1) is 0 Å². The van der Waals surface area contributed by atoms with E-state index < -0.39 is 0 Å². The molecule has 1 aromatic heterocycles. The quantitative estimate of drug-likeness (QED) is 0.182. The smallest absolute Gasteiger partial charge is 0.260 e. The molecule has 0 spiro atoms. The van der Waals surface area contributed by atoms with Crippen LogP contribution in [0.4, 0.5) is 17.1 Å². The fourth-order valence-electron chi connectivity index (χ4n) is 7.89. The third-order valence-electron chi connectivity index (χ3n) is 9.88. The van der Waals surface area contributed by atoms with Gasteiger partial charge in [0.2, 0.25) is 0 Å². The maximum Gasteiger partial charge on any atom is 0.260 e. The Bertz CT molecular complexity index is 2560. The lowest BCUT2D eigenvalue weighted by Gasteiger charge is -2.34. The molecule has 0 saturated heterocycles. The van der Waals surface area contributed by atoms with Crippen LogP contribution in [-0.4, -0.2) is 11.3 Å². The van der Waals surface area contributed by atoms with Gasteiger partial charge in [-0.15, -0.1) is 0 Å². The molecule has 11 rings (SSSR count). The van der Waals surface area contributed by atoms with Crippen LogP contribution in [0.2, 0.25) is 0 Å². The van der Waals surface area contributed by atoms with Gasteiger partial charge in [-0.25, -0.2) is 0 Å². The number of hydrogen-bond acceptors (Lipinski definition) is 4. The van der Waals surface area contributed by atoms with E-state index in [4.69, 9.17) is 14.2 Å². The highest BCUT2D eigenvalue weighted by Gasteiger charge is 2.40. The molecule has 7 aromatic carbocycles. The number of hydrogen-bond donors (Lipinski definition) is 0. The second kappa shape index (κ2) is 9.56. The van der Waals surface area contributed by atoms with Crippen molar-refractivity contribution in [3.05, 3.63) is 152 Å². The summed E-state index contributed by atoms with van der Waals surface area (Å²) in [5.41, 5.74) is 9.40. The first-order valence-electron chi connectivity index (χ1n) is 16.2. The number of nitrogens with zero attached hydrogens (tertiary/aromatic N) is 2. The molecule has 0 saturated carbocycles. The van der Waals surface area contributed by atoms with E-state index >= 15 is 0 Å². The van der Waals surface area contributed by atoms with Gasteiger partial charge in [-0.2, -0.15) is 0 Å². The first-order valence-corrected chi connectivity index (χ1v) is 16.2. The summed E-state index contributed by atoms with van der Waals surface area (Å²) >= 11 is 0. The molecule has 0 aliphatic carbocycles. The average Bonchev–Trinajstić information content (AvgIpc) is 3.49. The number of fused-ring (bicyclic) bond motifs is 10. The molecule has 0 fully saturated rings. The summed E-state index contributed by atoms with van der Waals surface area (Å²) in [5.74, 6) is 4.94. The van der Waals surface area contributed by atoms with Crippen molar-refractivity contribution < 1.29 is 14.2 Å². The lowest BCUT2D eigenvalue weighted by molar-refractivity contribution is 0.464. The van der Waals surface area contributed by atoms with Crippen LogP contribution >= 0.6 is 0 Å². The van der Waals surface area contributed by atoms with Crippen molar-refractivity contribution in [3.63, 3.8) is 0 Å². The van der Waals surface area contributed by atoms with Gasteiger partial charge in [0.05, 0.1) is 28.1 Å². The minimum atomic E-state index is 0.0177. The topological polar surface area (TPSA) is 35.9 Å². The Morgan fingerprint density at radius 2 is 1.06 bits per heavy atom. The Labute approximate surface area is 276 Å². The second-order valence-electron chi connectivity index (χ2n) is 12.5. The van der Waals surface area contributed by atoms with E-state index in [9.17, 15) is 0 Å². The molecule has 5 nitrogen and oxygen atoms in total. The highest BCUT2D eigenvalue weighted by molar-refractivity contribution is 6.98. The minimum absolute atomic E-state index is 0.0177. The lowest BCUT2D eigenvalue weighted by Crippen LogP contribution is -2.57. The molecule has 3 aliphatic heterocycles. The molecule has 0 bridgehead atoms. The predicted molar refractivity (Wildman–Crippen MR) is 193 cm³/mol. The van der Waals surface area contributed by atoms with E-state index in [1.165, 1.54) is 0 Å². The largest absolute Gasteiger partial charge is 0.458 e. The molecular weight excluding hydrogens is 591 g/mol. The highest BCUT2D eigenvalue weighted by atomic mass is 16.5. The zero-order valence-corrected chi connectivity index (χ0v) is 25.6. The van der Waals surface area contributed by atoms with Crippen LogP contribution in [0.1, 0.15) is 0 Å². The third-order valence-corrected chi connectivity index (χ3v) is 9.88. The van der Waals surface area contributed by atoms with E-state index in [0.29, 0.717) is 0 Å². The van der Waals surface area contributed by atoms with Gasteiger partial charge < -0.3 is 23.7 Å². The van der Waals surface area contributed by atoms with E-state index in [1.807, 2.05) is 30.3 Å². The molecular formula is C42H25BN2O3. The number of ether oxygens (including phenoxy) is 3. The summed E-state index contributed by atoms with van der Waals surface area (Å²) < 4.78 is 22.6. The Balaban J connectivity index is 1.21. The minimum Gasteiger partial charge on any atom is -0.458 e. The van der Waals surface area contributed by atoms with Crippen molar-refractivity contribution in [1.29, 1.82) is 0 Å². The van der Waals surface area contributed by atoms with Gasteiger partial charge in [0.15, 0.2) is 11.5 Å². The molecule has 0 atom stereocenters. The number of benzene rings is 7. The fourth-order valence-corrected chi connectivity index (χ4v) is 7.89. The zero-order valence-electron chi connectivity index (χ0n) is 25.6. The van der Waals surface area contributed by atoms with Crippen molar-refractivity contribution in [1.82, 2.24) is 4.57 Å². The number of para-hydroxylation sites is 6. The maximum absolute atomic E-state index is 6.90. The molecule has 224 valence electrons. The zero-order chi connectivity index (χ0) is 31.3. The van der Waals surface area contributed by atoms with Crippen molar-refractivity contribution in [2.45, 2.75) is 0 Å². The summed E-state index contributed by atoms with van der Waals surface area (Å²) in [5, 5.41) is 2.25. The van der Waals surface area contributed by atoms with Crippen LogP contribution in [0.15, 0.2) is 152 Å². The first kappa shape index (κ1) is 25.8. The molecule has 0 radical (unpaired) electrons. The van der Waals surface area contributed by atoms with Crippen LogP contribution < -0.4 is 35.5 Å². The maximum atomic E-state index is 6.90. The van der Waals surface area contributed by atoms with Crippen molar-refractivity contribution in [3.8, 4) is 40.2 Å². The van der Waals surface area contributed by atoms with Crippen molar-refractivity contribution in [2.75, 3.05) is 4.90 Å². The van der Waals surface area contributed by atoms with Gasteiger partial charge in [-0.3, -0.25) is 0 Å². The Morgan fingerprint density at radius 1 is 0.438 bits per heavy atom. The van der Waals surface area contributed by atoms with Crippen LogP contribution in [0.5, 0.6) is 34.5 Å². The van der Waals surface area contributed by atoms with Gasteiger partial charge in [-0.1, -0.05) is 84.9 Å². The van der Waals surface area contributed by atoms with Crippen LogP contribution in [0.3, 0.4) is 0 Å². The first-order chi connectivity index (χ1) is 23.8. The summed E-state index contributed by atoms with van der Waals surface area (Å²) in [6.45, 7) is 0.0177. The van der Waals surface area contributed by atoms with E-state index in [-0.39, 0.29) is 6.71 Å². The van der Waals surface area contributed by atoms with Crippen molar-refractivity contribution >= 4 is 62.0 Å². The fraction of sp³-hybridized carbons (Fsp3) is 0. The van der Waals surface area contributed by atoms with Gasteiger partial charge in [-0.05, 0) is 65.5 Å². The number of aromatic nitrogens is 1. The van der Waals surface area contributed by atoms with Gasteiger partial charge >= 0.3 is 0 Å². The Hall–Kier alpha value is -6.40. The highest BCUT2D eigenvalue weighted by Crippen LogP contribution is 2.54. The summed E-state index contributed by atoms with van der Waals surface area (Å²) in [6, 6.07) is 52.7. The van der Waals surface area contributed by atoms with Gasteiger partial charge in [0, 0.05) is 34.1 Å². The number of rotatable bonds is 2. The van der Waals surface area contributed by atoms with Gasteiger partial charge in [0.25, 0.3) is 6.71 Å². The normalized spacial score (nSPS) is 13.4. The molecule has 0 amide bonds. The lowest BCUT2D eigenvalue weighted by atomic mass is 9.35. The number of anilines is 3. The Kier molecular flexibility index (Phi) is 5.13. The SMILES string of the molecule is c1ccc(N2c3ccccc3Oc3c2ccc2c4ccccc4n(-c4cc5c6c(c4)Oc4ccccc4B6c4ccccc4O5)c32)cc1. The summed E-state index contributed by atoms with van der Waals surface area (Å²) in [4.78, 5) is 2.29. The van der Waals surface area contributed by atoms with E-state index in [1.54, 1.807) is 0 Å².